The number of carbonyl (C=O) groups excluding carboxylic acids is 2. The zero-order valence-corrected chi connectivity index (χ0v) is 7.67. The van der Waals surface area contributed by atoms with E-state index in [9.17, 15) is 14.4 Å². The van der Waals surface area contributed by atoms with Crippen LogP contribution in [0.4, 0.5) is 0 Å². The Labute approximate surface area is 85.0 Å². The van der Waals surface area contributed by atoms with Crippen molar-refractivity contribution in [2.45, 2.75) is 6.04 Å². The molecule has 0 saturated heterocycles. The molecule has 0 aromatic rings. The third-order valence-electron chi connectivity index (χ3n) is 1.66. The lowest BCUT2D eigenvalue weighted by Crippen LogP contribution is -2.34. The number of carboxylic acids is 1. The van der Waals surface area contributed by atoms with Crippen LogP contribution >= 0.6 is 0 Å². The lowest BCUT2D eigenvalue weighted by Gasteiger charge is -2.11. The fraction of sp³-hybridized carbons (Fsp3) is 0.222. The quantitative estimate of drug-likeness (QED) is 0.456. The summed E-state index contributed by atoms with van der Waals surface area (Å²) in [5.41, 5.74) is 5.17. The highest BCUT2D eigenvalue weighted by molar-refractivity contribution is 6.46. The summed E-state index contributed by atoms with van der Waals surface area (Å²) in [6.45, 7) is -0.257. The minimum Gasteiger partial charge on any atom is -0.491 e. The van der Waals surface area contributed by atoms with Gasteiger partial charge in [0.15, 0.2) is 0 Å². The van der Waals surface area contributed by atoms with Gasteiger partial charge in [0, 0.05) is 6.08 Å². The van der Waals surface area contributed by atoms with Gasteiger partial charge in [-0.1, -0.05) is 0 Å². The molecule has 0 radical (unpaired) electrons. The van der Waals surface area contributed by atoms with Gasteiger partial charge in [0.2, 0.25) is 11.6 Å². The molecule has 80 valence electrons. The van der Waals surface area contributed by atoms with Crippen molar-refractivity contribution >= 4 is 17.5 Å². The van der Waals surface area contributed by atoms with Crippen LogP contribution in [0.25, 0.3) is 0 Å². The van der Waals surface area contributed by atoms with E-state index in [1.165, 1.54) is 6.08 Å². The summed E-state index contributed by atoms with van der Waals surface area (Å²) in [7, 11) is 0. The summed E-state index contributed by atoms with van der Waals surface area (Å²) in [6, 6.07) is -1.16. The third kappa shape index (κ3) is 3.03. The van der Waals surface area contributed by atoms with Gasteiger partial charge in [-0.3, -0.25) is 14.4 Å². The zero-order chi connectivity index (χ0) is 11.4. The highest BCUT2D eigenvalue weighted by atomic mass is 16.5. The molecule has 3 N–H and O–H groups in total. The van der Waals surface area contributed by atoms with Gasteiger partial charge in [0.05, 0.1) is 0 Å². The Kier molecular flexibility index (Phi) is 3.35. The molecule has 1 atom stereocenters. The second-order valence-electron chi connectivity index (χ2n) is 2.86. The van der Waals surface area contributed by atoms with E-state index in [1.807, 2.05) is 0 Å². The molecular formula is C9H9NO5. The fourth-order valence-electron chi connectivity index (χ4n) is 0.835. The van der Waals surface area contributed by atoms with Crippen LogP contribution in [-0.4, -0.2) is 35.3 Å². The van der Waals surface area contributed by atoms with Crippen LogP contribution in [0.15, 0.2) is 24.0 Å². The Balaban J connectivity index is 2.51. The van der Waals surface area contributed by atoms with Gasteiger partial charge >= 0.3 is 5.97 Å². The molecule has 0 aromatic carbocycles. The van der Waals surface area contributed by atoms with Crippen molar-refractivity contribution in [1.82, 2.24) is 0 Å². The van der Waals surface area contributed by atoms with Gasteiger partial charge in [-0.05, 0) is 12.2 Å². The minimum atomic E-state index is -1.20. The van der Waals surface area contributed by atoms with Gasteiger partial charge in [-0.15, -0.1) is 0 Å². The molecule has 0 spiro atoms. The number of hydrogen-bond donors (Lipinski definition) is 2. The summed E-state index contributed by atoms with van der Waals surface area (Å²) >= 11 is 0. The number of carboxylic acid groups (broad SMARTS) is 1. The van der Waals surface area contributed by atoms with Crippen LogP contribution in [0.3, 0.4) is 0 Å². The number of carbonyl (C=O) groups is 3. The standard InChI is InChI=1S/C9H9NO5/c10-6(9(13)14)4-15-5-1-2-7(11)8(12)3-5/h1-3,6H,4,10H2,(H,13,14)/t6-/m0/s1. The molecule has 0 unspecified atom stereocenters. The third-order valence-corrected chi connectivity index (χ3v) is 1.66. The second-order valence-corrected chi connectivity index (χ2v) is 2.86. The van der Waals surface area contributed by atoms with Crippen molar-refractivity contribution in [2.75, 3.05) is 6.61 Å². The van der Waals surface area contributed by atoms with E-state index in [-0.39, 0.29) is 12.4 Å². The van der Waals surface area contributed by atoms with E-state index in [1.54, 1.807) is 0 Å². The van der Waals surface area contributed by atoms with Crippen LogP contribution in [0.1, 0.15) is 0 Å². The van der Waals surface area contributed by atoms with Crippen LogP contribution in [-0.2, 0) is 19.1 Å². The van der Waals surface area contributed by atoms with E-state index in [0.29, 0.717) is 0 Å². The van der Waals surface area contributed by atoms with Crippen molar-refractivity contribution in [1.29, 1.82) is 0 Å². The molecule has 6 heteroatoms. The molecule has 0 bridgehead atoms. The lowest BCUT2D eigenvalue weighted by molar-refractivity contribution is -0.139. The number of hydrogen-bond acceptors (Lipinski definition) is 5. The molecule has 6 nitrogen and oxygen atoms in total. The van der Waals surface area contributed by atoms with E-state index >= 15 is 0 Å². The first-order valence-corrected chi connectivity index (χ1v) is 4.10. The number of aliphatic carboxylic acids is 1. The van der Waals surface area contributed by atoms with Crippen molar-refractivity contribution in [3.63, 3.8) is 0 Å². The SMILES string of the molecule is N[C@@H](COC1=CC(=O)C(=O)C=C1)C(=O)O. The monoisotopic (exact) mass is 211 g/mol. The van der Waals surface area contributed by atoms with Crippen LogP contribution in [0.5, 0.6) is 0 Å². The van der Waals surface area contributed by atoms with Crippen molar-refractivity contribution in [2.24, 2.45) is 5.73 Å². The summed E-state index contributed by atoms with van der Waals surface area (Å²) in [4.78, 5) is 31.9. The fourth-order valence-corrected chi connectivity index (χ4v) is 0.835. The van der Waals surface area contributed by atoms with Crippen LogP contribution < -0.4 is 5.73 Å². The van der Waals surface area contributed by atoms with Gasteiger partial charge in [0.1, 0.15) is 18.4 Å². The maximum atomic E-state index is 10.9. The summed E-state index contributed by atoms with van der Waals surface area (Å²) < 4.78 is 4.92. The average Bonchev–Trinajstić information content (AvgIpc) is 2.19. The van der Waals surface area contributed by atoms with Crippen molar-refractivity contribution in [3.8, 4) is 0 Å². The van der Waals surface area contributed by atoms with Crippen LogP contribution in [0, 0.1) is 0 Å². The molecular weight excluding hydrogens is 202 g/mol. The summed E-state index contributed by atoms with van der Waals surface area (Å²) in [5.74, 6) is -2.39. The maximum absolute atomic E-state index is 10.9. The lowest BCUT2D eigenvalue weighted by atomic mass is 10.1. The highest BCUT2D eigenvalue weighted by Gasteiger charge is 2.16. The second kappa shape index (κ2) is 4.52. The number of rotatable bonds is 4. The average molecular weight is 211 g/mol. The Morgan fingerprint density at radius 1 is 1.40 bits per heavy atom. The topological polar surface area (TPSA) is 107 Å². The maximum Gasteiger partial charge on any atom is 0.324 e. The highest BCUT2D eigenvalue weighted by Crippen LogP contribution is 2.06. The Hall–Kier alpha value is -1.95. The smallest absolute Gasteiger partial charge is 0.324 e. The van der Waals surface area contributed by atoms with E-state index in [4.69, 9.17) is 15.6 Å². The van der Waals surface area contributed by atoms with E-state index < -0.39 is 23.6 Å². The predicted molar refractivity (Wildman–Crippen MR) is 48.8 cm³/mol. The molecule has 1 aliphatic carbocycles. The van der Waals surface area contributed by atoms with E-state index in [0.717, 1.165) is 12.2 Å². The first-order chi connectivity index (χ1) is 7.00. The van der Waals surface area contributed by atoms with Gasteiger partial charge < -0.3 is 15.6 Å². The van der Waals surface area contributed by atoms with Crippen molar-refractivity contribution in [3.05, 3.63) is 24.0 Å². The Morgan fingerprint density at radius 3 is 2.60 bits per heavy atom. The molecule has 0 saturated carbocycles. The molecule has 0 amide bonds. The first kappa shape index (κ1) is 11.1. The molecule has 0 aromatic heterocycles. The summed E-state index contributed by atoms with van der Waals surface area (Å²) in [6.07, 6.45) is 3.35. The Morgan fingerprint density at radius 2 is 2.07 bits per heavy atom. The van der Waals surface area contributed by atoms with E-state index in [2.05, 4.69) is 0 Å². The van der Waals surface area contributed by atoms with Gasteiger partial charge in [-0.25, -0.2) is 0 Å². The number of ether oxygens (including phenoxy) is 1. The molecule has 0 heterocycles. The van der Waals surface area contributed by atoms with Crippen LogP contribution in [0.2, 0.25) is 0 Å². The number of ketones is 2. The molecule has 0 fully saturated rings. The number of nitrogens with two attached hydrogens (primary N) is 1. The molecule has 1 rings (SSSR count). The normalized spacial score (nSPS) is 17.3. The number of allylic oxidation sites excluding steroid dienone is 3. The van der Waals surface area contributed by atoms with Crippen molar-refractivity contribution < 1.29 is 24.2 Å². The Bertz CT molecular complexity index is 369. The minimum absolute atomic E-state index is 0.135. The zero-order valence-electron chi connectivity index (χ0n) is 7.67. The molecule has 1 aliphatic rings. The van der Waals surface area contributed by atoms with Gasteiger partial charge in [0.25, 0.3) is 0 Å². The van der Waals surface area contributed by atoms with Gasteiger partial charge in [-0.2, -0.15) is 0 Å². The summed E-state index contributed by atoms with van der Waals surface area (Å²) in [5, 5.41) is 8.44. The molecule has 0 aliphatic heterocycles. The molecule has 15 heavy (non-hydrogen) atoms. The first-order valence-electron chi connectivity index (χ1n) is 4.10. The predicted octanol–water partition coefficient (Wildman–Crippen LogP) is -0.993. The largest absolute Gasteiger partial charge is 0.491 e.